The molecule has 2 rings (SSSR count). The fraction of sp³-hybridized carbons (Fsp3) is 0.667. The van der Waals surface area contributed by atoms with E-state index >= 15 is 0 Å². The molecule has 0 unspecified atom stereocenters. The van der Waals surface area contributed by atoms with Crippen molar-refractivity contribution >= 4 is 17.8 Å². The van der Waals surface area contributed by atoms with Crippen LogP contribution < -0.4 is 5.32 Å². The first kappa shape index (κ1) is 22.9. The molecule has 0 spiro atoms. The molecule has 0 aromatic carbocycles. The Morgan fingerprint density at radius 2 is 1.76 bits per heavy atom. The van der Waals surface area contributed by atoms with Gasteiger partial charge in [-0.3, -0.25) is 9.59 Å². The topological polar surface area (TPSA) is 101 Å². The monoisotopic (exact) mass is 407 g/mol. The second-order valence-electron chi connectivity index (χ2n) is 8.54. The number of carbonyl (C=O) groups excluding carboxylic acids is 3. The number of nitrogens with one attached hydrogen (secondary N) is 2. The van der Waals surface area contributed by atoms with Gasteiger partial charge in [-0.2, -0.15) is 0 Å². The molecule has 0 bridgehead atoms. The third-order valence-corrected chi connectivity index (χ3v) is 5.15. The smallest absolute Gasteiger partial charge is 0.340 e. The molecule has 0 atom stereocenters. The molecule has 1 aliphatic rings. The summed E-state index contributed by atoms with van der Waals surface area (Å²) in [5.41, 5.74) is 1.53. The lowest BCUT2D eigenvalue weighted by atomic mass is 9.93. The Kier molecular flexibility index (Phi) is 7.46. The Balaban J connectivity index is 1.97. The molecule has 2 N–H and O–H groups in total. The summed E-state index contributed by atoms with van der Waals surface area (Å²) in [6, 6.07) is -0.00775. The molecule has 0 saturated carbocycles. The van der Waals surface area contributed by atoms with Gasteiger partial charge in [0.25, 0.3) is 5.91 Å². The molecule has 1 fully saturated rings. The zero-order valence-electron chi connectivity index (χ0n) is 18.3. The van der Waals surface area contributed by atoms with Gasteiger partial charge < -0.3 is 24.7 Å². The molecule has 0 radical (unpaired) electrons. The highest BCUT2D eigenvalue weighted by atomic mass is 16.6. The van der Waals surface area contributed by atoms with E-state index in [-0.39, 0.29) is 24.5 Å². The molecular weight excluding hydrogens is 374 g/mol. The molecule has 8 heteroatoms. The molecule has 1 aliphatic heterocycles. The van der Waals surface area contributed by atoms with Crippen LogP contribution in [0.1, 0.15) is 65.7 Å². The molecular formula is C21H33N3O5. The van der Waals surface area contributed by atoms with Gasteiger partial charge in [-0.25, -0.2) is 4.79 Å². The number of hydrogen-bond acceptors (Lipinski definition) is 5. The van der Waals surface area contributed by atoms with Crippen LogP contribution in [0.4, 0.5) is 0 Å². The van der Waals surface area contributed by atoms with E-state index in [1.807, 2.05) is 25.7 Å². The highest BCUT2D eigenvalue weighted by Crippen LogP contribution is 2.22. The van der Waals surface area contributed by atoms with Crippen molar-refractivity contribution in [1.82, 2.24) is 15.2 Å². The van der Waals surface area contributed by atoms with Crippen molar-refractivity contribution in [3.05, 3.63) is 22.5 Å². The Morgan fingerprint density at radius 1 is 1.14 bits per heavy atom. The predicted octanol–water partition coefficient (Wildman–Crippen LogP) is 2.20. The number of ether oxygens (including phenoxy) is 2. The zero-order chi connectivity index (χ0) is 21.8. The van der Waals surface area contributed by atoms with Crippen molar-refractivity contribution in [2.75, 3.05) is 33.4 Å². The van der Waals surface area contributed by atoms with Crippen molar-refractivity contribution in [1.29, 1.82) is 0 Å². The van der Waals surface area contributed by atoms with Gasteiger partial charge in [-0.15, -0.1) is 0 Å². The number of esters is 1. The van der Waals surface area contributed by atoms with Gasteiger partial charge in [0.15, 0.2) is 0 Å². The fourth-order valence-electron chi connectivity index (χ4n) is 3.53. The summed E-state index contributed by atoms with van der Waals surface area (Å²) >= 11 is 0. The maximum atomic E-state index is 12.8. The van der Waals surface area contributed by atoms with Crippen LogP contribution in [0.15, 0.2) is 0 Å². The minimum atomic E-state index is -0.471. The first-order valence-electron chi connectivity index (χ1n) is 10.0. The van der Waals surface area contributed by atoms with Gasteiger partial charge in [0, 0.05) is 37.4 Å². The van der Waals surface area contributed by atoms with Crippen molar-refractivity contribution in [3.63, 3.8) is 0 Å². The normalized spacial score (nSPS) is 15.3. The van der Waals surface area contributed by atoms with E-state index in [0.717, 1.165) is 0 Å². The Labute approximate surface area is 172 Å². The molecule has 2 heterocycles. The number of hydrogen-bond donors (Lipinski definition) is 2. The number of nitrogens with zero attached hydrogens (tertiary/aromatic N) is 1. The zero-order valence-corrected chi connectivity index (χ0v) is 18.3. The molecule has 1 saturated heterocycles. The van der Waals surface area contributed by atoms with Crippen LogP contribution in [0.25, 0.3) is 0 Å². The van der Waals surface area contributed by atoms with Crippen molar-refractivity contribution in [3.8, 4) is 0 Å². The summed E-state index contributed by atoms with van der Waals surface area (Å²) in [4.78, 5) is 42.3. The summed E-state index contributed by atoms with van der Waals surface area (Å²) in [6.45, 7) is 10.9. The molecule has 1 aromatic rings. The lowest BCUT2D eigenvalue weighted by molar-refractivity contribution is -0.140. The number of likely N-dealkylation sites (tertiary alicyclic amines) is 1. The Morgan fingerprint density at radius 3 is 2.31 bits per heavy atom. The number of amides is 2. The number of H-pyrrole nitrogens is 1. The Hall–Kier alpha value is -2.35. The van der Waals surface area contributed by atoms with Gasteiger partial charge >= 0.3 is 5.97 Å². The second-order valence-corrected chi connectivity index (χ2v) is 8.54. The highest BCUT2D eigenvalue weighted by molar-refractivity contribution is 6.00. The molecule has 2 amide bonds. The van der Waals surface area contributed by atoms with Gasteiger partial charge in [0.2, 0.25) is 5.91 Å². The van der Waals surface area contributed by atoms with E-state index in [1.54, 1.807) is 13.8 Å². The largest absolute Gasteiger partial charge is 0.460 e. The molecule has 1 aromatic heterocycles. The number of methoxy groups -OCH3 is 1. The number of aromatic amines is 1. The maximum absolute atomic E-state index is 12.8. The summed E-state index contributed by atoms with van der Waals surface area (Å²) in [6.07, 6.45) is 1.41. The summed E-state index contributed by atoms with van der Waals surface area (Å²) in [7, 11) is 1.53. The van der Waals surface area contributed by atoms with Crippen molar-refractivity contribution < 1.29 is 23.9 Å². The maximum Gasteiger partial charge on any atom is 0.340 e. The number of aromatic nitrogens is 1. The second kappa shape index (κ2) is 9.43. The van der Waals surface area contributed by atoms with E-state index < -0.39 is 11.4 Å². The minimum absolute atomic E-state index is 0.00775. The van der Waals surface area contributed by atoms with Crippen LogP contribution in [0.3, 0.4) is 0 Å². The summed E-state index contributed by atoms with van der Waals surface area (Å²) in [5, 5.41) is 3.03. The van der Waals surface area contributed by atoms with E-state index in [2.05, 4.69) is 10.3 Å². The number of aryl methyl sites for hydroxylation is 1. The van der Waals surface area contributed by atoms with Crippen LogP contribution in [-0.4, -0.2) is 67.1 Å². The van der Waals surface area contributed by atoms with Crippen molar-refractivity contribution in [2.45, 2.75) is 53.5 Å². The third kappa shape index (κ3) is 5.59. The fourth-order valence-corrected chi connectivity index (χ4v) is 3.53. The van der Waals surface area contributed by atoms with Gasteiger partial charge in [0.05, 0.1) is 12.2 Å². The SMILES string of the molecule is COCCOC(=O)c1c(C)[nH]c(C(=O)NC2CCN(C(=O)C(C)(C)C)CC2)c1C. The first-order valence-corrected chi connectivity index (χ1v) is 10.0. The van der Waals surface area contributed by atoms with Gasteiger partial charge in [-0.05, 0) is 32.3 Å². The quantitative estimate of drug-likeness (QED) is 0.556. The van der Waals surface area contributed by atoms with Gasteiger partial charge in [-0.1, -0.05) is 20.8 Å². The predicted molar refractivity (Wildman–Crippen MR) is 109 cm³/mol. The van der Waals surface area contributed by atoms with Crippen LogP contribution in [0.5, 0.6) is 0 Å². The lowest BCUT2D eigenvalue weighted by Crippen LogP contribution is -2.49. The molecule has 162 valence electrons. The van der Waals surface area contributed by atoms with E-state index in [9.17, 15) is 14.4 Å². The summed E-state index contributed by atoms with van der Waals surface area (Å²) in [5.74, 6) is -0.585. The standard InChI is InChI=1S/C21H33N3O5/c1-13-16(19(26)29-12-11-28-6)14(2)22-17(13)18(25)23-15-7-9-24(10-8-15)20(27)21(3,4)5/h15,22H,7-12H2,1-6H3,(H,23,25). The average molecular weight is 408 g/mol. The number of carbonyl (C=O) groups is 3. The van der Waals surface area contributed by atoms with E-state index in [1.165, 1.54) is 7.11 Å². The van der Waals surface area contributed by atoms with E-state index in [4.69, 9.17) is 9.47 Å². The third-order valence-electron chi connectivity index (χ3n) is 5.15. The molecule has 8 nitrogen and oxygen atoms in total. The highest BCUT2D eigenvalue weighted by Gasteiger charge is 2.31. The van der Waals surface area contributed by atoms with Crippen LogP contribution >= 0.6 is 0 Å². The average Bonchev–Trinajstić information content (AvgIpc) is 2.95. The van der Waals surface area contributed by atoms with E-state index in [0.29, 0.717) is 55.1 Å². The number of rotatable bonds is 6. The van der Waals surface area contributed by atoms with Crippen molar-refractivity contribution in [2.24, 2.45) is 5.41 Å². The summed E-state index contributed by atoms with van der Waals surface area (Å²) < 4.78 is 10.1. The molecule has 29 heavy (non-hydrogen) atoms. The van der Waals surface area contributed by atoms with Crippen LogP contribution in [-0.2, 0) is 14.3 Å². The van der Waals surface area contributed by atoms with Gasteiger partial charge in [0.1, 0.15) is 12.3 Å². The molecule has 0 aliphatic carbocycles. The number of piperidine rings is 1. The minimum Gasteiger partial charge on any atom is -0.460 e. The Bertz CT molecular complexity index is 755. The van der Waals surface area contributed by atoms with Crippen LogP contribution in [0, 0.1) is 19.3 Å². The first-order chi connectivity index (χ1) is 13.6. The lowest BCUT2D eigenvalue weighted by Gasteiger charge is -2.36. The van der Waals surface area contributed by atoms with Crippen LogP contribution in [0.2, 0.25) is 0 Å².